The lowest BCUT2D eigenvalue weighted by molar-refractivity contribution is -0.133. The summed E-state index contributed by atoms with van der Waals surface area (Å²) in [4.78, 5) is 31.1. The van der Waals surface area contributed by atoms with Crippen molar-refractivity contribution in [1.29, 1.82) is 0 Å². The minimum absolute atomic E-state index is 0.0223. The second-order valence-electron chi connectivity index (χ2n) is 7.12. The molecule has 1 aliphatic heterocycles. The van der Waals surface area contributed by atoms with Crippen molar-refractivity contribution in [2.75, 3.05) is 14.1 Å². The summed E-state index contributed by atoms with van der Waals surface area (Å²) in [5.41, 5.74) is 2.51. The number of hydrogen-bond donors (Lipinski definition) is 0. The standard InChI is InChI=1S/C23H22N2O2S/c1-24(15-16-9-4-3-5-10-16)23(27)20-17-11-6-7-12-18(17)22(26)25(2)21(20)19-13-8-14-28-19/h3-14,20-21H,15H2,1-2H3/t20-,21+/m1/s1. The quantitative estimate of drug-likeness (QED) is 0.666. The molecule has 0 bridgehead atoms. The summed E-state index contributed by atoms with van der Waals surface area (Å²) in [6, 6.07) is 21.1. The highest BCUT2D eigenvalue weighted by molar-refractivity contribution is 7.10. The van der Waals surface area contributed by atoms with Gasteiger partial charge >= 0.3 is 0 Å². The van der Waals surface area contributed by atoms with Crippen LogP contribution in [0.2, 0.25) is 0 Å². The van der Waals surface area contributed by atoms with Crippen molar-refractivity contribution in [3.63, 3.8) is 0 Å². The smallest absolute Gasteiger partial charge is 0.254 e. The van der Waals surface area contributed by atoms with E-state index in [0.717, 1.165) is 16.0 Å². The van der Waals surface area contributed by atoms with Crippen molar-refractivity contribution in [3.05, 3.63) is 93.7 Å². The van der Waals surface area contributed by atoms with Crippen molar-refractivity contribution >= 4 is 23.2 Å². The molecule has 5 heteroatoms. The van der Waals surface area contributed by atoms with E-state index in [1.165, 1.54) is 0 Å². The van der Waals surface area contributed by atoms with Gasteiger partial charge in [-0.2, -0.15) is 0 Å². The van der Waals surface area contributed by atoms with Gasteiger partial charge in [0.15, 0.2) is 0 Å². The van der Waals surface area contributed by atoms with Gasteiger partial charge < -0.3 is 9.80 Å². The van der Waals surface area contributed by atoms with Gasteiger partial charge in [-0.3, -0.25) is 9.59 Å². The topological polar surface area (TPSA) is 40.6 Å². The number of likely N-dealkylation sites (N-methyl/N-ethyl adjacent to an activating group) is 2. The van der Waals surface area contributed by atoms with Crippen molar-refractivity contribution in [3.8, 4) is 0 Å². The van der Waals surface area contributed by atoms with Crippen molar-refractivity contribution < 1.29 is 9.59 Å². The van der Waals surface area contributed by atoms with E-state index >= 15 is 0 Å². The van der Waals surface area contributed by atoms with Crippen LogP contribution in [0.1, 0.15) is 38.3 Å². The maximum atomic E-state index is 13.6. The molecule has 2 atom stereocenters. The first-order chi connectivity index (χ1) is 13.6. The molecule has 28 heavy (non-hydrogen) atoms. The van der Waals surface area contributed by atoms with Crippen LogP contribution in [0, 0.1) is 0 Å². The van der Waals surface area contributed by atoms with E-state index in [1.807, 2.05) is 79.2 Å². The number of carbonyl (C=O) groups excluding carboxylic acids is 2. The zero-order chi connectivity index (χ0) is 19.7. The van der Waals surface area contributed by atoms with Crippen molar-refractivity contribution in [2.24, 2.45) is 0 Å². The Bertz CT molecular complexity index is 985. The van der Waals surface area contributed by atoms with E-state index in [1.54, 1.807) is 28.2 Å². The Balaban J connectivity index is 1.75. The Kier molecular flexibility index (Phi) is 5.01. The molecule has 3 aromatic rings. The normalized spacial score (nSPS) is 18.6. The van der Waals surface area contributed by atoms with E-state index in [9.17, 15) is 9.59 Å². The Hall–Kier alpha value is -2.92. The molecule has 4 nitrogen and oxygen atoms in total. The molecule has 0 saturated heterocycles. The average Bonchev–Trinajstić information content (AvgIpc) is 3.25. The highest BCUT2D eigenvalue weighted by Gasteiger charge is 2.43. The molecule has 2 heterocycles. The third-order valence-corrected chi connectivity index (χ3v) is 6.26. The fourth-order valence-corrected chi connectivity index (χ4v) is 4.83. The lowest BCUT2D eigenvalue weighted by Gasteiger charge is -2.40. The van der Waals surface area contributed by atoms with E-state index in [4.69, 9.17) is 0 Å². The lowest BCUT2D eigenvalue weighted by atomic mass is 9.81. The van der Waals surface area contributed by atoms with Gasteiger partial charge in [0, 0.05) is 31.1 Å². The Morgan fingerprint density at radius 2 is 1.75 bits per heavy atom. The van der Waals surface area contributed by atoms with E-state index in [-0.39, 0.29) is 17.9 Å². The third-order valence-electron chi connectivity index (χ3n) is 5.32. The van der Waals surface area contributed by atoms with Gasteiger partial charge in [0.1, 0.15) is 0 Å². The molecule has 2 aromatic carbocycles. The molecule has 0 saturated carbocycles. The molecule has 0 fully saturated rings. The fraction of sp³-hybridized carbons (Fsp3) is 0.217. The lowest BCUT2D eigenvalue weighted by Crippen LogP contribution is -2.45. The largest absolute Gasteiger partial charge is 0.341 e. The van der Waals surface area contributed by atoms with Crippen LogP contribution in [-0.2, 0) is 11.3 Å². The van der Waals surface area contributed by atoms with Gasteiger partial charge in [-0.05, 0) is 28.6 Å². The predicted octanol–water partition coefficient (Wildman–Crippen LogP) is 4.32. The van der Waals surface area contributed by atoms with E-state index in [2.05, 4.69) is 0 Å². The first-order valence-electron chi connectivity index (χ1n) is 9.26. The van der Waals surface area contributed by atoms with Gasteiger partial charge in [-0.1, -0.05) is 54.6 Å². The molecule has 0 spiro atoms. The molecule has 1 aliphatic rings. The number of fused-ring (bicyclic) bond motifs is 1. The number of carbonyl (C=O) groups is 2. The molecule has 1 aromatic heterocycles. The van der Waals surface area contributed by atoms with Crippen LogP contribution in [0.15, 0.2) is 72.1 Å². The summed E-state index contributed by atoms with van der Waals surface area (Å²) in [5, 5.41) is 1.99. The number of amides is 2. The van der Waals surface area contributed by atoms with E-state index < -0.39 is 5.92 Å². The summed E-state index contributed by atoms with van der Waals surface area (Å²) in [6.07, 6.45) is 0. The predicted molar refractivity (Wildman–Crippen MR) is 111 cm³/mol. The summed E-state index contributed by atoms with van der Waals surface area (Å²) in [5.74, 6) is -0.441. The van der Waals surface area contributed by atoms with Gasteiger partial charge in [0.25, 0.3) is 5.91 Å². The molecule has 0 aliphatic carbocycles. The third kappa shape index (κ3) is 3.22. The molecule has 0 radical (unpaired) electrons. The van der Waals surface area contributed by atoms with Gasteiger partial charge in [-0.15, -0.1) is 11.3 Å². The average molecular weight is 391 g/mol. The van der Waals surface area contributed by atoms with E-state index in [0.29, 0.717) is 12.1 Å². The van der Waals surface area contributed by atoms with Crippen LogP contribution >= 0.6 is 11.3 Å². The maximum Gasteiger partial charge on any atom is 0.254 e. The maximum absolute atomic E-state index is 13.6. The summed E-state index contributed by atoms with van der Waals surface area (Å²) >= 11 is 1.58. The highest BCUT2D eigenvalue weighted by atomic mass is 32.1. The van der Waals surface area contributed by atoms with Gasteiger partial charge in [0.05, 0.1) is 12.0 Å². The summed E-state index contributed by atoms with van der Waals surface area (Å²) in [7, 11) is 3.62. The minimum atomic E-state index is -0.425. The number of rotatable bonds is 4. The molecule has 0 N–H and O–H groups in total. The zero-order valence-electron chi connectivity index (χ0n) is 15.9. The zero-order valence-corrected chi connectivity index (χ0v) is 16.7. The first kappa shape index (κ1) is 18.4. The SMILES string of the molecule is CN(Cc1ccccc1)C(=O)[C@@H]1c2ccccc2C(=O)N(C)[C@H]1c1cccs1. The van der Waals surface area contributed by atoms with Crippen LogP contribution < -0.4 is 0 Å². The highest BCUT2D eigenvalue weighted by Crippen LogP contribution is 2.44. The summed E-state index contributed by atoms with van der Waals surface area (Å²) in [6.45, 7) is 0.535. The van der Waals surface area contributed by atoms with Crippen LogP contribution in [0.3, 0.4) is 0 Å². The summed E-state index contributed by atoms with van der Waals surface area (Å²) < 4.78 is 0. The fourth-order valence-electron chi connectivity index (χ4n) is 3.93. The number of nitrogens with zero attached hydrogens (tertiary/aromatic N) is 2. The first-order valence-corrected chi connectivity index (χ1v) is 10.1. The number of hydrogen-bond acceptors (Lipinski definition) is 3. The molecular formula is C23H22N2O2S. The van der Waals surface area contributed by atoms with Crippen molar-refractivity contribution in [1.82, 2.24) is 9.80 Å². The Morgan fingerprint density at radius 1 is 1.04 bits per heavy atom. The molecule has 2 amide bonds. The molecular weight excluding hydrogens is 368 g/mol. The van der Waals surface area contributed by atoms with Crippen LogP contribution in [-0.4, -0.2) is 35.7 Å². The molecule has 4 rings (SSSR count). The van der Waals surface area contributed by atoms with Crippen LogP contribution in [0.5, 0.6) is 0 Å². The van der Waals surface area contributed by atoms with Gasteiger partial charge in [0.2, 0.25) is 5.91 Å². The second kappa shape index (κ2) is 7.60. The Morgan fingerprint density at radius 3 is 2.46 bits per heavy atom. The number of thiophene rings is 1. The molecule has 0 unspecified atom stereocenters. The minimum Gasteiger partial charge on any atom is -0.341 e. The second-order valence-corrected chi connectivity index (χ2v) is 8.10. The van der Waals surface area contributed by atoms with Crippen LogP contribution in [0.25, 0.3) is 0 Å². The monoisotopic (exact) mass is 390 g/mol. The van der Waals surface area contributed by atoms with Crippen molar-refractivity contribution in [2.45, 2.75) is 18.5 Å². The van der Waals surface area contributed by atoms with Crippen LogP contribution in [0.4, 0.5) is 0 Å². The molecule has 142 valence electrons. The Labute approximate surface area is 169 Å². The number of benzene rings is 2. The van der Waals surface area contributed by atoms with Gasteiger partial charge in [-0.25, -0.2) is 0 Å².